The van der Waals surface area contributed by atoms with Gasteiger partial charge in [0.25, 0.3) is 0 Å². The van der Waals surface area contributed by atoms with E-state index in [0.717, 1.165) is 36.0 Å². The minimum atomic E-state index is 0.431. The van der Waals surface area contributed by atoms with Crippen LogP contribution in [0.3, 0.4) is 0 Å². The molecule has 0 saturated heterocycles. The van der Waals surface area contributed by atoms with E-state index in [-0.39, 0.29) is 0 Å². The van der Waals surface area contributed by atoms with Crippen molar-refractivity contribution < 1.29 is 0 Å². The minimum Gasteiger partial charge on any atom is -0.220 e. The van der Waals surface area contributed by atoms with E-state index >= 15 is 0 Å². The fraction of sp³-hybridized carbons (Fsp3) is 0.333. The number of halogens is 2. The van der Waals surface area contributed by atoms with Crippen molar-refractivity contribution in [2.24, 2.45) is 0 Å². The van der Waals surface area contributed by atoms with E-state index in [1.54, 1.807) is 0 Å². The molecule has 0 atom stereocenters. The molecule has 4 heteroatoms. The third-order valence-corrected chi connectivity index (χ3v) is 3.58. The summed E-state index contributed by atoms with van der Waals surface area (Å²) in [5, 5.41) is 0.862. The Labute approximate surface area is 123 Å². The molecular weight excluding hydrogens is 279 g/mol. The number of aryl methyl sites for hydroxylation is 2. The first-order valence-electron chi connectivity index (χ1n) is 6.41. The van der Waals surface area contributed by atoms with Crippen LogP contribution in [0, 0.1) is 6.92 Å². The molecule has 0 aliphatic heterocycles. The second-order valence-corrected chi connectivity index (χ2v) is 5.23. The van der Waals surface area contributed by atoms with Crippen molar-refractivity contribution in [2.75, 3.05) is 0 Å². The molecule has 0 amide bonds. The van der Waals surface area contributed by atoms with Crippen LogP contribution >= 0.6 is 23.2 Å². The summed E-state index contributed by atoms with van der Waals surface area (Å²) in [6, 6.07) is 7.95. The van der Waals surface area contributed by atoms with E-state index in [4.69, 9.17) is 23.2 Å². The Morgan fingerprint density at radius 1 is 1.05 bits per heavy atom. The highest BCUT2D eigenvalue weighted by Gasteiger charge is 2.14. The van der Waals surface area contributed by atoms with Crippen molar-refractivity contribution in [3.63, 3.8) is 0 Å². The first kappa shape index (κ1) is 14.3. The number of hydrogen-bond acceptors (Lipinski definition) is 2. The van der Waals surface area contributed by atoms with Crippen LogP contribution in [-0.4, -0.2) is 9.97 Å². The summed E-state index contributed by atoms with van der Waals surface area (Å²) >= 11 is 12.6. The van der Waals surface area contributed by atoms with E-state index in [0.29, 0.717) is 16.1 Å². The van der Waals surface area contributed by atoms with Crippen molar-refractivity contribution in [1.29, 1.82) is 0 Å². The van der Waals surface area contributed by atoms with Crippen LogP contribution < -0.4 is 0 Å². The van der Waals surface area contributed by atoms with E-state index in [2.05, 4.69) is 16.9 Å². The molecule has 0 fully saturated rings. The molecule has 0 radical (unpaired) electrons. The maximum absolute atomic E-state index is 6.28. The number of aromatic nitrogens is 2. The lowest BCUT2D eigenvalue weighted by atomic mass is 10.0. The van der Waals surface area contributed by atoms with E-state index < -0.39 is 0 Å². The molecule has 0 aliphatic rings. The Kier molecular flexibility index (Phi) is 4.78. The highest BCUT2D eigenvalue weighted by Crippen LogP contribution is 2.34. The quantitative estimate of drug-likeness (QED) is 0.733. The molecule has 2 rings (SSSR count). The Bertz CT molecular complexity index is 559. The summed E-state index contributed by atoms with van der Waals surface area (Å²) < 4.78 is 0. The fourth-order valence-corrected chi connectivity index (χ4v) is 2.60. The van der Waals surface area contributed by atoms with E-state index in [9.17, 15) is 0 Å². The summed E-state index contributed by atoms with van der Waals surface area (Å²) in [5.74, 6) is 0.717. The highest BCUT2D eigenvalue weighted by atomic mass is 35.5. The van der Waals surface area contributed by atoms with Gasteiger partial charge in [0, 0.05) is 6.42 Å². The predicted molar refractivity (Wildman–Crippen MR) is 80.8 cm³/mol. The molecule has 0 unspecified atom stereocenters. The van der Waals surface area contributed by atoms with Gasteiger partial charge in [0.1, 0.15) is 16.1 Å². The molecule has 1 aromatic heterocycles. The van der Waals surface area contributed by atoms with Gasteiger partial charge >= 0.3 is 0 Å². The first-order valence-corrected chi connectivity index (χ1v) is 7.17. The van der Waals surface area contributed by atoms with Crippen molar-refractivity contribution in [3.8, 4) is 11.1 Å². The summed E-state index contributed by atoms with van der Waals surface area (Å²) in [6.45, 7) is 4.15. The summed E-state index contributed by atoms with van der Waals surface area (Å²) in [7, 11) is 0. The van der Waals surface area contributed by atoms with Crippen LogP contribution in [0.25, 0.3) is 11.1 Å². The van der Waals surface area contributed by atoms with Gasteiger partial charge in [-0.05, 0) is 24.5 Å². The minimum absolute atomic E-state index is 0.431. The van der Waals surface area contributed by atoms with Gasteiger partial charge in [-0.1, -0.05) is 60.8 Å². The molecule has 0 aliphatic carbocycles. The third-order valence-electron chi connectivity index (χ3n) is 3.04. The number of benzene rings is 1. The second kappa shape index (κ2) is 6.36. The topological polar surface area (TPSA) is 25.8 Å². The molecule has 2 aromatic rings. The van der Waals surface area contributed by atoms with Crippen LogP contribution in [0.2, 0.25) is 10.3 Å². The molecule has 100 valence electrons. The van der Waals surface area contributed by atoms with Crippen molar-refractivity contribution in [3.05, 3.63) is 46.0 Å². The maximum atomic E-state index is 6.28. The Balaban J connectivity index is 2.45. The van der Waals surface area contributed by atoms with E-state index in [1.807, 2.05) is 31.2 Å². The van der Waals surface area contributed by atoms with Crippen LogP contribution in [0.15, 0.2) is 24.3 Å². The molecule has 0 bridgehead atoms. The molecule has 19 heavy (non-hydrogen) atoms. The van der Waals surface area contributed by atoms with Crippen molar-refractivity contribution >= 4 is 23.2 Å². The highest BCUT2D eigenvalue weighted by molar-refractivity contribution is 6.37. The summed E-state index contributed by atoms with van der Waals surface area (Å²) in [5.41, 5.74) is 2.82. The molecule has 2 nitrogen and oxygen atoms in total. The van der Waals surface area contributed by atoms with Crippen LogP contribution in [0.4, 0.5) is 0 Å². The van der Waals surface area contributed by atoms with Gasteiger partial charge in [-0.15, -0.1) is 0 Å². The molecule has 1 aromatic carbocycles. The van der Waals surface area contributed by atoms with Gasteiger partial charge in [-0.25, -0.2) is 9.97 Å². The molecule has 0 saturated carbocycles. The van der Waals surface area contributed by atoms with Gasteiger partial charge in [0.2, 0.25) is 0 Å². The standard InChI is InChI=1S/C15H16Cl2N2/c1-3-4-9-12-18-14(16)13(15(17)19-12)11-8-6-5-7-10(11)2/h5-8H,3-4,9H2,1-2H3. The zero-order chi connectivity index (χ0) is 13.8. The second-order valence-electron chi connectivity index (χ2n) is 4.51. The Morgan fingerprint density at radius 2 is 1.68 bits per heavy atom. The monoisotopic (exact) mass is 294 g/mol. The first-order chi connectivity index (χ1) is 9.13. The van der Waals surface area contributed by atoms with Gasteiger partial charge in [0.15, 0.2) is 0 Å². The Hall–Kier alpha value is -1.12. The lowest BCUT2D eigenvalue weighted by Gasteiger charge is -2.10. The average Bonchev–Trinajstić information content (AvgIpc) is 2.38. The van der Waals surface area contributed by atoms with Crippen LogP contribution in [0.1, 0.15) is 31.2 Å². The SMILES string of the molecule is CCCCc1nc(Cl)c(-c2ccccc2C)c(Cl)n1. The zero-order valence-corrected chi connectivity index (χ0v) is 12.6. The normalized spacial score (nSPS) is 10.7. The lowest BCUT2D eigenvalue weighted by molar-refractivity contribution is 0.752. The number of rotatable bonds is 4. The van der Waals surface area contributed by atoms with Gasteiger partial charge in [-0.3, -0.25) is 0 Å². The van der Waals surface area contributed by atoms with Crippen LogP contribution in [0.5, 0.6) is 0 Å². The zero-order valence-electron chi connectivity index (χ0n) is 11.1. The number of unbranched alkanes of at least 4 members (excludes halogenated alkanes) is 1. The smallest absolute Gasteiger partial charge is 0.142 e. The summed E-state index contributed by atoms with van der Waals surface area (Å²) in [4.78, 5) is 8.72. The predicted octanol–water partition coefficient (Wildman–Crippen LogP) is 5.10. The largest absolute Gasteiger partial charge is 0.220 e. The molecule has 1 heterocycles. The van der Waals surface area contributed by atoms with Crippen molar-refractivity contribution in [1.82, 2.24) is 9.97 Å². The van der Waals surface area contributed by atoms with Gasteiger partial charge in [0.05, 0.1) is 5.56 Å². The third kappa shape index (κ3) is 3.26. The van der Waals surface area contributed by atoms with Gasteiger partial charge in [-0.2, -0.15) is 0 Å². The molecular formula is C15H16Cl2N2. The molecule has 0 spiro atoms. The van der Waals surface area contributed by atoms with E-state index in [1.165, 1.54) is 0 Å². The number of hydrogen-bond donors (Lipinski definition) is 0. The fourth-order valence-electron chi connectivity index (χ4n) is 1.97. The summed E-state index contributed by atoms with van der Waals surface area (Å²) in [6.07, 6.45) is 2.94. The lowest BCUT2D eigenvalue weighted by Crippen LogP contribution is -1.99. The maximum Gasteiger partial charge on any atom is 0.142 e. The van der Waals surface area contributed by atoms with Crippen LogP contribution in [-0.2, 0) is 6.42 Å². The van der Waals surface area contributed by atoms with Gasteiger partial charge < -0.3 is 0 Å². The Morgan fingerprint density at radius 3 is 2.26 bits per heavy atom. The average molecular weight is 295 g/mol. The molecule has 0 N–H and O–H groups in total. The number of nitrogens with zero attached hydrogens (tertiary/aromatic N) is 2. The van der Waals surface area contributed by atoms with Crippen molar-refractivity contribution in [2.45, 2.75) is 33.1 Å².